The van der Waals surface area contributed by atoms with Crippen LogP contribution in [0.15, 0.2) is 18.2 Å². The molecule has 84 valence electrons. The van der Waals surface area contributed by atoms with E-state index in [2.05, 4.69) is 0 Å². The van der Waals surface area contributed by atoms with Crippen molar-refractivity contribution < 1.29 is 15.0 Å². The number of aliphatic hydroxyl groups excluding tert-OH is 1. The van der Waals surface area contributed by atoms with Crippen molar-refractivity contribution in [1.82, 2.24) is 0 Å². The van der Waals surface area contributed by atoms with E-state index in [-0.39, 0.29) is 0 Å². The van der Waals surface area contributed by atoms with Crippen LogP contribution in [-0.4, -0.2) is 16.2 Å². The molecule has 0 spiro atoms. The second kappa shape index (κ2) is 5.29. The molecule has 1 aromatic carbocycles. The smallest absolute Gasteiger partial charge is 0.337 e. The summed E-state index contributed by atoms with van der Waals surface area (Å²) in [7, 11) is 0. The molecule has 0 fully saturated rings. The lowest BCUT2D eigenvalue weighted by Gasteiger charge is -2.12. The number of carboxylic acid groups (broad SMARTS) is 1. The van der Waals surface area contributed by atoms with Crippen molar-refractivity contribution in [2.24, 2.45) is 0 Å². The van der Waals surface area contributed by atoms with Crippen molar-refractivity contribution in [1.29, 1.82) is 5.26 Å². The molecule has 0 saturated heterocycles. The van der Waals surface area contributed by atoms with Crippen LogP contribution in [0.25, 0.3) is 0 Å². The molecule has 1 atom stereocenters. The second-order valence-electron chi connectivity index (χ2n) is 3.60. The van der Waals surface area contributed by atoms with Crippen LogP contribution < -0.4 is 0 Å². The zero-order valence-corrected chi connectivity index (χ0v) is 8.97. The highest BCUT2D eigenvalue weighted by Gasteiger charge is 2.19. The highest BCUT2D eigenvalue weighted by molar-refractivity contribution is 5.74. The summed E-state index contributed by atoms with van der Waals surface area (Å²) in [6.07, 6.45) is -0.755. The Hall–Kier alpha value is -1.86. The van der Waals surface area contributed by atoms with Crippen LogP contribution in [0.5, 0.6) is 0 Å². The Bertz CT molecular complexity index is 434. The summed E-state index contributed by atoms with van der Waals surface area (Å²) in [5, 5.41) is 26.7. The zero-order chi connectivity index (χ0) is 12.1. The molecule has 0 aliphatic heterocycles. The van der Waals surface area contributed by atoms with E-state index < -0.39 is 12.1 Å². The van der Waals surface area contributed by atoms with Crippen LogP contribution >= 0.6 is 0 Å². The van der Waals surface area contributed by atoms with Gasteiger partial charge in [0.2, 0.25) is 0 Å². The average Bonchev–Trinajstić information content (AvgIpc) is 2.25. The van der Waals surface area contributed by atoms with Gasteiger partial charge >= 0.3 is 5.97 Å². The maximum Gasteiger partial charge on any atom is 0.337 e. The van der Waals surface area contributed by atoms with Gasteiger partial charge in [0.1, 0.15) is 0 Å². The molecule has 0 amide bonds. The Morgan fingerprint density at radius 2 is 2.25 bits per heavy atom. The van der Waals surface area contributed by atoms with Crippen LogP contribution in [-0.2, 0) is 11.2 Å². The number of hydrogen-bond donors (Lipinski definition) is 2. The molecule has 1 rings (SSSR count). The third-order valence-electron chi connectivity index (χ3n) is 2.33. The van der Waals surface area contributed by atoms with Crippen molar-refractivity contribution >= 4 is 5.97 Å². The topological polar surface area (TPSA) is 81.3 Å². The maximum atomic E-state index is 10.7. The van der Waals surface area contributed by atoms with Gasteiger partial charge in [-0.1, -0.05) is 23.8 Å². The van der Waals surface area contributed by atoms with Gasteiger partial charge < -0.3 is 10.2 Å². The number of aliphatic hydroxyl groups is 1. The van der Waals surface area contributed by atoms with E-state index in [0.717, 1.165) is 11.1 Å². The van der Waals surface area contributed by atoms with E-state index in [1.165, 1.54) is 0 Å². The first kappa shape index (κ1) is 12.2. The van der Waals surface area contributed by atoms with E-state index in [1.54, 1.807) is 18.2 Å². The van der Waals surface area contributed by atoms with Crippen LogP contribution in [0.4, 0.5) is 0 Å². The van der Waals surface area contributed by atoms with E-state index in [9.17, 15) is 9.90 Å². The minimum Gasteiger partial charge on any atom is -0.479 e. The highest BCUT2D eigenvalue weighted by atomic mass is 16.4. The molecule has 0 heterocycles. The summed E-state index contributed by atoms with van der Waals surface area (Å²) in [4.78, 5) is 10.7. The van der Waals surface area contributed by atoms with E-state index >= 15 is 0 Å². The Morgan fingerprint density at radius 1 is 1.56 bits per heavy atom. The SMILES string of the molecule is Cc1ccc(C(O)C(=O)O)c(CCC#N)c1. The summed E-state index contributed by atoms with van der Waals surface area (Å²) < 4.78 is 0. The number of rotatable bonds is 4. The Balaban J connectivity index is 3.07. The van der Waals surface area contributed by atoms with Crippen LogP contribution in [0.3, 0.4) is 0 Å². The first-order valence-corrected chi connectivity index (χ1v) is 4.93. The van der Waals surface area contributed by atoms with Crippen LogP contribution in [0.2, 0.25) is 0 Å². The predicted molar refractivity (Wildman–Crippen MR) is 57.7 cm³/mol. The van der Waals surface area contributed by atoms with Crippen LogP contribution in [0.1, 0.15) is 29.2 Å². The van der Waals surface area contributed by atoms with Gasteiger partial charge in [-0.25, -0.2) is 4.79 Å². The summed E-state index contributed by atoms with van der Waals surface area (Å²) in [6.45, 7) is 1.88. The number of aliphatic carboxylic acids is 1. The van der Waals surface area contributed by atoms with Gasteiger partial charge in [-0.15, -0.1) is 0 Å². The molecule has 1 aromatic rings. The fraction of sp³-hybridized carbons (Fsp3) is 0.333. The van der Waals surface area contributed by atoms with E-state index in [4.69, 9.17) is 10.4 Å². The van der Waals surface area contributed by atoms with Crippen molar-refractivity contribution in [3.63, 3.8) is 0 Å². The summed E-state index contributed by atoms with van der Waals surface area (Å²) in [5.74, 6) is -1.28. The van der Waals surface area contributed by atoms with Gasteiger partial charge in [-0.3, -0.25) is 0 Å². The van der Waals surface area contributed by atoms with Gasteiger partial charge in [-0.2, -0.15) is 5.26 Å². The number of nitrogens with zero attached hydrogens (tertiary/aromatic N) is 1. The largest absolute Gasteiger partial charge is 0.479 e. The van der Waals surface area contributed by atoms with Gasteiger partial charge in [-0.05, 0) is 24.5 Å². The number of carbonyl (C=O) groups is 1. The molecule has 0 aliphatic rings. The predicted octanol–water partition coefficient (Wildman–Crippen LogP) is 1.57. The third kappa shape index (κ3) is 2.81. The number of hydrogen-bond acceptors (Lipinski definition) is 3. The monoisotopic (exact) mass is 219 g/mol. The molecule has 0 aliphatic carbocycles. The van der Waals surface area contributed by atoms with Gasteiger partial charge in [0.15, 0.2) is 6.10 Å². The quantitative estimate of drug-likeness (QED) is 0.805. The molecule has 0 saturated carbocycles. The van der Waals surface area contributed by atoms with Crippen molar-refractivity contribution in [2.75, 3.05) is 0 Å². The van der Waals surface area contributed by atoms with Crippen LogP contribution in [0, 0.1) is 18.3 Å². The van der Waals surface area contributed by atoms with Gasteiger partial charge in [0.05, 0.1) is 6.07 Å². The number of benzene rings is 1. The lowest BCUT2D eigenvalue weighted by molar-refractivity contribution is -0.147. The Labute approximate surface area is 93.8 Å². The normalized spacial score (nSPS) is 11.8. The Kier molecular flexibility index (Phi) is 4.03. The summed E-state index contributed by atoms with van der Waals surface area (Å²) in [5.41, 5.74) is 2.07. The first-order valence-electron chi connectivity index (χ1n) is 4.93. The fourth-order valence-electron chi connectivity index (χ4n) is 1.54. The minimum absolute atomic E-state index is 0.308. The number of carboxylic acids is 1. The number of aryl methyl sites for hydroxylation is 2. The fourth-order valence-corrected chi connectivity index (χ4v) is 1.54. The van der Waals surface area contributed by atoms with Crippen molar-refractivity contribution in [3.8, 4) is 6.07 Å². The van der Waals surface area contributed by atoms with Crippen molar-refractivity contribution in [3.05, 3.63) is 34.9 Å². The average molecular weight is 219 g/mol. The summed E-state index contributed by atoms with van der Waals surface area (Å²) >= 11 is 0. The lowest BCUT2D eigenvalue weighted by atomic mass is 9.97. The molecule has 0 radical (unpaired) electrons. The van der Waals surface area contributed by atoms with E-state index in [0.29, 0.717) is 18.4 Å². The molecule has 0 aromatic heterocycles. The van der Waals surface area contributed by atoms with E-state index in [1.807, 2.05) is 13.0 Å². The number of nitriles is 1. The molecule has 1 unspecified atom stereocenters. The molecular weight excluding hydrogens is 206 g/mol. The molecule has 0 bridgehead atoms. The maximum absolute atomic E-state index is 10.7. The molecule has 4 heteroatoms. The zero-order valence-electron chi connectivity index (χ0n) is 8.97. The molecule has 16 heavy (non-hydrogen) atoms. The summed E-state index contributed by atoms with van der Waals surface area (Å²) in [6, 6.07) is 7.15. The molecule has 2 N–H and O–H groups in total. The van der Waals surface area contributed by atoms with Gasteiger partial charge in [0.25, 0.3) is 0 Å². The first-order chi connectivity index (χ1) is 7.56. The second-order valence-corrected chi connectivity index (χ2v) is 3.60. The highest BCUT2D eigenvalue weighted by Crippen LogP contribution is 2.21. The van der Waals surface area contributed by atoms with Gasteiger partial charge in [0, 0.05) is 6.42 Å². The molecule has 4 nitrogen and oxygen atoms in total. The van der Waals surface area contributed by atoms with Crippen molar-refractivity contribution in [2.45, 2.75) is 25.9 Å². The standard InChI is InChI=1S/C12H13NO3/c1-8-4-5-10(11(14)12(15)16)9(7-8)3-2-6-13/h4-5,7,11,14H,2-3H2,1H3,(H,15,16). The third-order valence-corrected chi connectivity index (χ3v) is 2.33. The molecular formula is C12H13NO3. The minimum atomic E-state index is -1.52. The lowest BCUT2D eigenvalue weighted by Crippen LogP contribution is -2.12. The Morgan fingerprint density at radius 3 is 2.81 bits per heavy atom.